The van der Waals surface area contributed by atoms with Gasteiger partial charge in [-0.2, -0.15) is 5.10 Å². The summed E-state index contributed by atoms with van der Waals surface area (Å²) in [4.78, 5) is 0.0942. The molecule has 0 radical (unpaired) electrons. The number of aryl methyl sites for hydroxylation is 3. The highest BCUT2D eigenvalue weighted by atomic mass is 32.2. The SMILES string of the molecule is CCn1nc(CNS(=O)(=O)c2c(C)noc2C)c2ccccc21. The first-order valence-corrected chi connectivity index (χ1v) is 8.79. The highest BCUT2D eigenvalue weighted by molar-refractivity contribution is 7.89. The van der Waals surface area contributed by atoms with Crippen molar-refractivity contribution in [3.05, 3.63) is 41.4 Å². The summed E-state index contributed by atoms with van der Waals surface area (Å²) in [5.74, 6) is 0.277. The molecule has 0 saturated heterocycles. The molecule has 0 amide bonds. The highest BCUT2D eigenvalue weighted by Gasteiger charge is 2.24. The molecule has 122 valence electrons. The molecular formula is C15H18N4O3S. The Bertz CT molecular complexity index is 937. The minimum absolute atomic E-state index is 0.0942. The van der Waals surface area contributed by atoms with E-state index in [-0.39, 0.29) is 17.2 Å². The van der Waals surface area contributed by atoms with E-state index in [2.05, 4.69) is 15.0 Å². The Morgan fingerprint density at radius 1 is 1.26 bits per heavy atom. The van der Waals surface area contributed by atoms with Gasteiger partial charge in [0, 0.05) is 11.9 Å². The molecule has 3 rings (SSSR count). The van der Waals surface area contributed by atoms with Crippen LogP contribution in [-0.2, 0) is 23.1 Å². The van der Waals surface area contributed by atoms with Gasteiger partial charge in [0.05, 0.1) is 17.8 Å². The van der Waals surface area contributed by atoms with Crippen LogP contribution in [-0.4, -0.2) is 23.4 Å². The fourth-order valence-electron chi connectivity index (χ4n) is 2.66. The molecule has 0 fully saturated rings. The summed E-state index contributed by atoms with van der Waals surface area (Å²) >= 11 is 0. The molecule has 7 nitrogen and oxygen atoms in total. The van der Waals surface area contributed by atoms with Gasteiger partial charge < -0.3 is 4.52 Å². The van der Waals surface area contributed by atoms with E-state index in [9.17, 15) is 8.42 Å². The third-order valence-corrected chi connectivity index (χ3v) is 5.34. The molecular weight excluding hydrogens is 316 g/mol. The number of fused-ring (bicyclic) bond motifs is 1. The number of benzene rings is 1. The number of hydrogen-bond acceptors (Lipinski definition) is 5. The van der Waals surface area contributed by atoms with E-state index >= 15 is 0 Å². The standard InChI is InChI=1S/C15H18N4O3S/c1-4-19-14-8-6-5-7-12(14)13(17-19)9-16-23(20,21)15-10(2)18-22-11(15)3/h5-8,16H,4,9H2,1-3H3. The first kappa shape index (κ1) is 15.7. The van der Waals surface area contributed by atoms with Crippen LogP contribution in [0, 0.1) is 13.8 Å². The lowest BCUT2D eigenvalue weighted by atomic mass is 10.2. The molecule has 23 heavy (non-hydrogen) atoms. The molecule has 2 aromatic heterocycles. The van der Waals surface area contributed by atoms with Gasteiger partial charge in [-0.25, -0.2) is 13.1 Å². The number of para-hydroxylation sites is 1. The summed E-state index contributed by atoms with van der Waals surface area (Å²) in [6.07, 6.45) is 0. The van der Waals surface area contributed by atoms with Crippen LogP contribution in [0.5, 0.6) is 0 Å². The van der Waals surface area contributed by atoms with Crippen LogP contribution < -0.4 is 4.72 Å². The zero-order valence-corrected chi connectivity index (χ0v) is 14.0. The van der Waals surface area contributed by atoms with Gasteiger partial charge in [0.15, 0.2) is 5.76 Å². The largest absolute Gasteiger partial charge is 0.360 e. The van der Waals surface area contributed by atoms with Crippen LogP contribution in [0.2, 0.25) is 0 Å². The number of hydrogen-bond donors (Lipinski definition) is 1. The van der Waals surface area contributed by atoms with Gasteiger partial charge in [-0.1, -0.05) is 23.4 Å². The van der Waals surface area contributed by atoms with E-state index in [0.717, 1.165) is 17.4 Å². The lowest BCUT2D eigenvalue weighted by Crippen LogP contribution is -2.24. The molecule has 0 aliphatic heterocycles. The van der Waals surface area contributed by atoms with Crippen molar-refractivity contribution >= 4 is 20.9 Å². The fourth-order valence-corrected chi connectivity index (χ4v) is 3.97. The van der Waals surface area contributed by atoms with Gasteiger partial charge in [-0.05, 0) is 26.8 Å². The number of nitrogens with zero attached hydrogens (tertiary/aromatic N) is 3. The first-order valence-electron chi connectivity index (χ1n) is 7.31. The average Bonchev–Trinajstić information content (AvgIpc) is 3.06. The molecule has 3 aromatic rings. The van der Waals surface area contributed by atoms with Crippen molar-refractivity contribution in [2.45, 2.75) is 38.8 Å². The van der Waals surface area contributed by atoms with Crippen molar-refractivity contribution < 1.29 is 12.9 Å². The third-order valence-electron chi connectivity index (χ3n) is 3.70. The van der Waals surface area contributed by atoms with E-state index in [0.29, 0.717) is 11.4 Å². The van der Waals surface area contributed by atoms with E-state index in [1.54, 1.807) is 13.8 Å². The molecule has 2 heterocycles. The molecule has 0 aliphatic carbocycles. The molecule has 8 heteroatoms. The summed E-state index contributed by atoms with van der Waals surface area (Å²) in [7, 11) is -3.70. The Balaban J connectivity index is 1.92. The molecule has 0 bridgehead atoms. The normalized spacial score (nSPS) is 12.1. The molecule has 0 atom stereocenters. The second-order valence-corrected chi connectivity index (χ2v) is 6.96. The minimum atomic E-state index is -3.70. The van der Waals surface area contributed by atoms with Gasteiger partial charge in [0.25, 0.3) is 0 Å². The van der Waals surface area contributed by atoms with Crippen molar-refractivity contribution in [1.82, 2.24) is 19.7 Å². The van der Waals surface area contributed by atoms with Gasteiger partial charge in [-0.15, -0.1) is 0 Å². The maximum absolute atomic E-state index is 12.5. The van der Waals surface area contributed by atoms with Gasteiger partial charge in [0.1, 0.15) is 10.6 Å². The van der Waals surface area contributed by atoms with Crippen molar-refractivity contribution in [3.8, 4) is 0 Å². The Kier molecular flexibility index (Phi) is 3.95. The lowest BCUT2D eigenvalue weighted by molar-refractivity contribution is 0.390. The number of sulfonamides is 1. The van der Waals surface area contributed by atoms with Crippen molar-refractivity contribution in [1.29, 1.82) is 0 Å². The second kappa shape index (κ2) is 5.78. The average molecular weight is 334 g/mol. The predicted octanol–water partition coefficient (Wildman–Crippen LogP) is 2.14. The first-order chi connectivity index (χ1) is 10.9. The summed E-state index contributed by atoms with van der Waals surface area (Å²) in [6, 6.07) is 7.76. The summed E-state index contributed by atoms with van der Waals surface area (Å²) < 4.78 is 34.3. The van der Waals surface area contributed by atoms with Gasteiger partial charge in [-0.3, -0.25) is 4.68 Å². The lowest BCUT2D eigenvalue weighted by Gasteiger charge is -2.04. The number of aromatic nitrogens is 3. The van der Waals surface area contributed by atoms with Crippen LogP contribution in [0.4, 0.5) is 0 Å². The predicted molar refractivity (Wildman–Crippen MR) is 85.4 cm³/mol. The van der Waals surface area contributed by atoms with E-state index < -0.39 is 10.0 Å². The molecule has 0 unspecified atom stereocenters. The Morgan fingerprint density at radius 3 is 2.65 bits per heavy atom. The van der Waals surface area contributed by atoms with Crippen molar-refractivity contribution in [2.24, 2.45) is 0 Å². The zero-order valence-electron chi connectivity index (χ0n) is 13.2. The summed E-state index contributed by atoms with van der Waals surface area (Å²) in [5, 5.41) is 9.12. The Morgan fingerprint density at radius 2 is 2.00 bits per heavy atom. The molecule has 1 N–H and O–H groups in total. The van der Waals surface area contributed by atoms with Gasteiger partial charge >= 0.3 is 0 Å². The minimum Gasteiger partial charge on any atom is -0.360 e. The maximum Gasteiger partial charge on any atom is 0.246 e. The Hall–Kier alpha value is -2.19. The van der Waals surface area contributed by atoms with Crippen LogP contribution in [0.25, 0.3) is 10.9 Å². The van der Waals surface area contributed by atoms with Crippen molar-refractivity contribution in [3.63, 3.8) is 0 Å². The fraction of sp³-hybridized carbons (Fsp3) is 0.333. The monoisotopic (exact) mass is 334 g/mol. The molecule has 0 spiro atoms. The molecule has 0 aliphatic rings. The topological polar surface area (TPSA) is 90.0 Å². The number of rotatable bonds is 5. The van der Waals surface area contributed by atoms with Crippen LogP contribution in [0.1, 0.15) is 24.1 Å². The highest BCUT2D eigenvalue weighted by Crippen LogP contribution is 2.21. The summed E-state index contributed by atoms with van der Waals surface area (Å²) in [6.45, 7) is 6.01. The third kappa shape index (κ3) is 2.75. The summed E-state index contributed by atoms with van der Waals surface area (Å²) in [5.41, 5.74) is 2.03. The zero-order chi connectivity index (χ0) is 16.6. The quantitative estimate of drug-likeness (QED) is 0.772. The van der Waals surface area contributed by atoms with Gasteiger partial charge in [0.2, 0.25) is 10.0 Å². The van der Waals surface area contributed by atoms with Crippen molar-refractivity contribution in [2.75, 3.05) is 0 Å². The van der Waals surface area contributed by atoms with Crippen LogP contribution >= 0.6 is 0 Å². The number of nitrogens with one attached hydrogen (secondary N) is 1. The smallest absolute Gasteiger partial charge is 0.246 e. The maximum atomic E-state index is 12.5. The molecule has 1 aromatic carbocycles. The molecule has 0 saturated carbocycles. The van der Waals surface area contributed by atoms with E-state index in [1.807, 2.05) is 35.9 Å². The van der Waals surface area contributed by atoms with Crippen LogP contribution in [0.3, 0.4) is 0 Å². The van der Waals surface area contributed by atoms with E-state index in [1.165, 1.54) is 0 Å². The Labute approximate surface area is 134 Å². The van der Waals surface area contributed by atoms with E-state index in [4.69, 9.17) is 4.52 Å². The van der Waals surface area contributed by atoms with Crippen LogP contribution in [0.15, 0.2) is 33.7 Å². The second-order valence-electron chi connectivity index (χ2n) is 5.26.